The lowest BCUT2D eigenvalue weighted by Gasteiger charge is -2.39. The topological polar surface area (TPSA) is 137 Å². The quantitative estimate of drug-likeness (QED) is 0.407. The molecule has 0 spiro atoms. The molecule has 194 valence electrons. The molecule has 0 bridgehead atoms. The predicted molar refractivity (Wildman–Crippen MR) is 118 cm³/mol. The van der Waals surface area contributed by atoms with Gasteiger partial charge in [-0.3, -0.25) is 9.59 Å². The van der Waals surface area contributed by atoms with E-state index in [4.69, 9.17) is 10.5 Å². The molecule has 1 aromatic rings. The van der Waals surface area contributed by atoms with Crippen molar-refractivity contribution in [3.05, 3.63) is 35.4 Å². The molecule has 2 aliphatic heterocycles. The van der Waals surface area contributed by atoms with Crippen LogP contribution < -0.4 is 16.4 Å². The number of hydrogen-bond donors (Lipinski definition) is 4. The summed E-state index contributed by atoms with van der Waals surface area (Å²) < 4.78 is 42.7. The Bertz CT molecular complexity index is 898. The van der Waals surface area contributed by atoms with Crippen molar-refractivity contribution in [1.82, 2.24) is 20.4 Å². The molecule has 0 radical (unpaired) electrons. The van der Waals surface area contributed by atoms with Gasteiger partial charge in [-0.25, -0.2) is 4.79 Å². The first kappa shape index (κ1) is 26.7. The van der Waals surface area contributed by atoms with Gasteiger partial charge in [-0.2, -0.15) is 13.2 Å². The zero-order valence-electron chi connectivity index (χ0n) is 19.1. The van der Waals surface area contributed by atoms with E-state index in [0.29, 0.717) is 26.1 Å². The Kier molecular flexibility index (Phi) is 8.92. The summed E-state index contributed by atoms with van der Waals surface area (Å²) in [7, 11) is 0. The van der Waals surface area contributed by atoms with E-state index in [1.165, 1.54) is 24.3 Å². The van der Waals surface area contributed by atoms with Crippen LogP contribution in [0, 0.1) is 0 Å². The molecule has 2 heterocycles. The van der Waals surface area contributed by atoms with Crippen molar-refractivity contribution < 1.29 is 37.4 Å². The molecule has 0 aliphatic carbocycles. The Labute approximate surface area is 200 Å². The number of morpholine rings is 1. The first-order valence-corrected chi connectivity index (χ1v) is 11.4. The number of carbonyl (C=O) groups is 3. The van der Waals surface area contributed by atoms with E-state index < -0.39 is 24.2 Å². The first-order valence-electron chi connectivity index (χ1n) is 11.4. The van der Waals surface area contributed by atoms with E-state index in [1.807, 2.05) is 0 Å². The highest BCUT2D eigenvalue weighted by Gasteiger charge is 2.39. The molecular formula is C22H30F3N5O5. The van der Waals surface area contributed by atoms with Crippen LogP contribution in [0.25, 0.3) is 0 Å². The van der Waals surface area contributed by atoms with E-state index in [9.17, 15) is 32.7 Å². The van der Waals surface area contributed by atoms with Crippen LogP contribution in [0.15, 0.2) is 24.3 Å². The van der Waals surface area contributed by atoms with Crippen LogP contribution in [0.3, 0.4) is 0 Å². The number of aliphatic hydroxyl groups is 1. The average Bonchev–Trinajstić information content (AvgIpc) is 3.30. The van der Waals surface area contributed by atoms with Gasteiger partial charge in [0, 0.05) is 37.8 Å². The second kappa shape index (κ2) is 11.7. The van der Waals surface area contributed by atoms with Gasteiger partial charge in [0.05, 0.1) is 19.3 Å². The van der Waals surface area contributed by atoms with Gasteiger partial charge in [0.15, 0.2) is 0 Å². The number of alkyl halides is 3. The highest BCUT2D eigenvalue weighted by atomic mass is 19.4. The zero-order valence-corrected chi connectivity index (χ0v) is 19.1. The predicted octanol–water partition coefficient (Wildman–Crippen LogP) is 0.720. The molecule has 3 unspecified atom stereocenters. The lowest BCUT2D eigenvalue weighted by molar-refractivity contribution is -0.174. The first-order chi connectivity index (χ1) is 16.6. The molecule has 1 aromatic carbocycles. The van der Waals surface area contributed by atoms with E-state index in [-0.39, 0.29) is 49.0 Å². The monoisotopic (exact) mass is 501 g/mol. The number of aliphatic hydroxyl groups excluding tert-OH is 1. The number of urea groups is 1. The SMILES string of the molecule is NC(NC(=O)C(F)(F)F)c1ccc(C(=O)NCC2COCCN2C(=O)N2CCCC2CCO)cc1. The van der Waals surface area contributed by atoms with Gasteiger partial charge in [0.1, 0.15) is 6.17 Å². The molecule has 5 N–H and O–H groups in total. The molecule has 13 heteroatoms. The summed E-state index contributed by atoms with van der Waals surface area (Å²) >= 11 is 0. The van der Waals surface area contributed by atoms with E-state index in [0.717, 1.165) is 12.8 Å². The Morgan fingerprint density at radius 3 is 2.49 bits per heavy atom. The van der Waals surface area contributed by atoms with Crippen LogP contribution in [-0.4, -0.2) is 90.5 Å². The van der Waals surface area contributed by atoms with E-state index >= 15 is 0 Å². The Morgan fingerprint density at radius 1 is 1.14 bits per heavy atom. The minimum Gasteiger partial charge on any atom is -0.396 e. The van der Waals surface area contributed by atoms with Gasteiger partial charge in [-0.1, -0.05) is 12.1 Å². The number of nitrogens with zero attached hydrogens (tertiary/aromatic N) is 2. The Hall–Kier alpha value is -2.90. The summed E-state index contributed by atoms with van der Waals surface area (Å²) in [4.78, 5) is 40.2. The summed E-state index contributed by atoms with van der Waals surface area (Å²) in [5.74, 6) is -2.60. The highest BCUT2D eigenvalue weighted by molar-refractivity contribution is 5.94. The maximum Gasteiger partial charge on any atom is 0.471 e. The normalized spacial score (nSPS) is 21.5. The van der Waals surface area contributed by atoms with Gasteiger partial charge in [-0.15, -0.1) is 0 Å². The van der Waals surface area contributed by atoms with E-state index in [2.05, 4.69) is 5.32 Å². The summed E-state index contributed by atoms with van der Waals surface area (Å²) in [6.07, 6.45) is -4.19. The fourth-order valence-corrected chi connectivity index (χ4v) is 4.24. The number of hydrogen-bond acceptors (Lipinski definition) is 6. The third kappa shape index (κ3) is 6.83. The van der Waals surface area contributed by atoms with Gasteiger partial charge in [0.25, 0.3) is 5.91 Å². The van der Waals surface area contributed by atoms with Crippen molar-refractivity contribution >= 4 is 17.8 Å². The molecule has 3 atom stereocenters. The molecule has 10 nitrogen and oxygen atoms in total. The van der Waals surface area contributed by atoms with Gasteiger partial charge in [-0.05, 0) is 37.0 Å². The standard InChI is InChI=1S/C22H30F3N5O5/c23-22(24,25)20(33)28-18(26)14-3-5-15(6-4-14)19(32)27-12-17-13-35-11-9-30(17)21(34)29-8-1-2-16(29)7-10-31/h3-6,16-18,31H,1-2,7-13,26H2,(H,27,32)(H,28,33). The van der Waals surface area contributed by atoms with Gasteiger partial charge >= 0.3 is 18.1 Å². The van der Waals surface area contributed by atoms with Crippen molar-refractivity contribution in [2.75, 3.05) is 39.5 Å². The van der Waals surface area contributed by atoms with Crippen LogP contribution in [0.1, 0.15) is 41.3 Å². The minimum absolute atomic E-state index is 0.00335. The van der Waals surface area contributed by atoms with Crippen LogP contribution >= 0.6 is 0 Å². The molecule has 0 saturated carbocycles. The summed E-state index contributed by atoms with van der Waals surface area (Å²) in [6.45, 7) is 1.82. The number of nitrogens with two attached hydrogens (primary N) is 1. The zero-order chi connectivity index (χ0) is 25.6. The van der Waals surface area contributed by atoms with Crippen LogP contribution in [0.4, 0.5) is 18.0 Å². The lowest BCUT2D eigenvalue weighted by Crippen LogP contribution is -2.57. The number of likely N-dealkylation sites (tertiary alicyclic amines) is 1. The van der Waals surface area contributed by atoms with Crippen molar-refractivity contribution in [3.8, 4) is 0 Å². The fraction of sp³-hybridized carbons (Fsp3) is 0.591. The molecule has 4 amide bonds. The maximum atomic E-state index is 13.1. The average molecular weight is 502 g/mol. The second-order valence-electron chi connectivity index (χ2n) is 8.49. The van der Waals surface area contributed by atoms with Crippen LogP contribution in [0.2, 0.25) is 0 Å². The van der Waals surface area contributed by atoms with E-state index in [1.54, 1.807) is 15.1 Å². The molecular weight excluding hydrogens is 471 g/mol. The van der Waals surface area contributed by atoms with Crippen molar-refractivity contribution in [1.29, 1.82) is 0 Å². The summed E-state index contributed by atoms with van der Waals surface area (Å²) in [5, 5.41) is 13.7. The van der Waals surface area contributed by atoms with Crippen LogP contribution in [-0.2, 0) is 9.53 Å². The van der Waals surface area contributed by atoms with Crippen molar-refractivity contribution in [2.24, 2.45) is 5.73 Å². The Morgan fingerprint density at radius 2 is 1.83 bits per heavy atom. The molecule has 35 heavy (non-hydrogen) atoms. The Balaban J connectivity index is 1.56. The number of amides is 4. The largest absolute Gasteiger partial charge is 0.471 e. The summed E-state index contributed by atoms with van der Waals surface area (Å²) in [6, 6.07) is 4.96. The second-order valence-corrected chi connectivity index (χ2v) is 8.49. The lowest BCUT2D eigenvalue weighted by atomic mass is 10.1. The molecule has 2 fully saturated rings. The smallest absolute Gasteiger partial charge is 0.396 e. The third-order valence-corrected chi connectivity index (χ3v) is 6.13. The summed E-state index contributed by atoms with van der Waals surface area (Å²) in [5.41, 5.74) is 6.03. The van der Waals surface area contributed by atoms with Crippen molar-refractivity contribution in [3.63, 3.8) is 0 Å². The molecule has 2 saturated heterocycles. The number of nitrogens with one attached hydrogen (secondary N) is 2. The number of rotatable bonds is 7. The van der Waals surface area contributed by atoms with Gasteiger partial charge < -0.3 is 36.0 Å². The third-order valence-electron chi connectivity index (χ3n) is 6.13. The fourth-order valence-electron chi connectivity index (χ4n) is 4.24. The number of carbonyl (C=O) groups excluding carboxylic acids is 3. The van der Waals surface area contributed by atoms with Gasteiger partial charge in [0.2, 0.25) is 0 Å². The highest BCUT2D eigenvalue weighted by Crippen LogP contribution is 2.23. The van der Waals surface area contributed by atoms with Crippen LogP contribution in [0.5, 0.6) is 0 Å². The van der Waals surface area contributed by atoms with Crippen molar-refractivity contribution in [2.45, 2.75) is 43.7 Å². The number of benzene rings is 1. The number of ether oxygens (including phenoxy) is 1. The maximum absolute atomic E-state index is 13.1. The molecule has 0 aromatic heterocycles. The molecule has 3 rings (SSSR count). The molecule has 2 aliphatic rings. The minimum atomic E-state index is -5.05. The number of halogens is 3.